The molecule has 0 amide bonds. The Hall–Kier alpha value is -0.300. The van der Waals surface area contributed by atoms with Crippen molar-refractivity contribution in [2.75, 3.05) is 0 Å². The summed E-state index contributed by atoms with van der Waals surface area (Å²) in [5, 5.41) is 0. The first kappa shape index (κ1) is 11.8. The van der Waals surface area contributed by atoms with Crippen LogP contribution in [0.5, 0.6) is 0 Å². The molecule has 0 saturated heterocycles. The normalized spacial score (nSPS) is 28.4. The minimum absolute atomic E-state index is 0.348. The molecule has 0 spiro atoms. The molecule has 1 nitrogen and oxygen atoms in total. The Morgan fingerprint density at radius 3 is 2.71 bits per heavy atom. The monoisotopic (exact) mass is 195 g/mol. The highest BCUT2D eigenvalue weighted by atomic mass is 14.6. The largest absolute Gasteiger partial charge is 0.328 e. The van der Waals surface area contributed by atoms with E-state index in [0.29, 0.717) is 11.5 Å². The maximum atomic E-state index is 5.82. The van der Waals surface area contributed by atoms with Gasteiger partial charge >= 0.3 is 0 Å². The molecule has 0 aromatic rings. The second kappa shape index (κ2) is 4.48. The summed E-state index contributed by atoms with van der Waals surface area (Å²) in [4.78, 5) is 0. The van der Waals surface area contributed by atoms with Crippen molar-refractivity contribution in [2.24, 2.45) is 17.1 Å². The van der Waals surface area contributed by atoms with Gasteiger partial charge < -0.3 is 5.73 Å². The topological polar surface area (TPSA) is 26.0 Å². The van der Waals surface area contributed by atoms with Crippen molar-refractivity contribution in [1.82, 2.24) is 0 Å². The van der Waals surface area contributed by atoms with Crippen LogP contribution in [0.2, 0.25) is 0 Å². The van der Waals surface area contributed by atoms with E-state index >= 15 is 0 Å². The van der Waals surface area contributed by atoms with E-state index in [1.807, 2.05) is 0 Å². The zero-order chi connectivity index (χ0) is 10.8. The zero-order valence-electron chi connectivity index (χ0n) is 10.1. The van der Waals surface area contributed by atoms with Crippen molar-refractivity contribution in [3.8, 4) is 0 Å². The molecule has 1 rings (SSSR count). The quantitative estimate of drug-likeness (QED) is 0.685. The lowest BCUT2D eigenvalue weighted by Gasteiger charge is -2.39. The van der Waals surface area contributed by atoms with Crippen LogP contribution in [0.1, 0.15) is 53.4 Å². The van der Waals surface area contributed by atoms with Crippen LogP contribution in [0.25, 0.3) is 0 Å². The number of nitrogens with two attached hydrogens (primary N) is 1. The Labute approximate surface area is 88.8 Å². The van der Waals surface area contributed by atoms with Crippen LogP contribution >= 0.6 is 0 Å². The Kier molecular flexibility index (Phi) is 3.77. The molecule has 0 aromatic heterocycles. The molecule has 0 bridgehead atoms. The van der Waals surface area contributed by atoms with Crippen LogP contribution in [0.3, 0.4) is 0 Å². The van der Waals surface area contributed by atoms with Gasteiger partial charge in [0.1, 0.15) is 0 Å². The fraction of sp³-hybridized carbons (Fsp3) is 0.846. The van der Waals surface area contributed by atoms with Gasteiger partial charge in [0.25, 0.3) is 0 Å². The van der Waals surface area contributed by atoms with Gasteiger partial charge in [0.05, 0.1) is 0 Å². The van der Waals surface area contributed by atoms with E-state index in [9.17, 15) is 0 Å². The second-order valence-corrected chi connectivity index (χ2v) is 5.58. The summed E-state index contributed by atoms with van der Waals surface area (Å²) < 4.78 is 0. The SMILES string of the molecule is CC1=CCCC(C)(C)[C@@H]1CC[C@@H](C)N. The van der Waals surface area contributed by atoms with E-state index in [1.54, 1.807) is 5.57 Å². The van der Waals surface area contributed by atoms with Crippen LogP contribution in [0.15, 0.2) is 11.6 Å². The molecule has 0 heterocycles. The standard InChI is InChI=1S/C13H25N/c1-10-6-5-9-13(3,4)12(10)8-7-11(2)14/h6,11-12H,5,7-9,14H2,1-4H3/t11-,12-/m1/s1. The number of allylic oxidation sites excluding steroid dienone is 2. The number of hydrogen-bond donors (Lipinski definition) is 1. The van der Waals surface area contributed by atoms with Gasteiger partial charge in [-0.05, 0) is 50.9 Å². The van der Waals surface area contributed by atoms with Gasteiger partial charge in [0.15, 0.2) is 0 Å². The number of hydrogen-bond acceptors (Lipinski definition) is 1. The molecular weight excluding hydrogens is 170 g/mol. The van der Waals surface area contributed by atoms with Crippen LogP contribution in [-0.2, 0) is 0 Å². The molecule has 0 fully saturated rings. The molecular formula is C13H25N. The zero-order valence-corrected chi connectivity index (χ0v) is 10.1. The van der Waals surface area contributed by atoms with E-state index in [0.717, 1.165) is 12.3 Å². The van der Waals surface area contributed by atoms with Crippen molar-refractivity contribution in [2.45, 2.75) is 59.4 Å². The Bertz CT molecular complexity index is 213. The molecule has 1 heteroatoms. The lowest BCUT2D eigenvalue weighted by atomic mass is 9.67. The summed E-state index contributed by atoms with van der Waals surface area (Å²) in [5.74, 6) is 0.752. The smallest absolute Gasteiger partial charge is 0.00106 e. The van der Waals surface area contributed by atoms with E-state index in [-0.39, 0.29) is 0 Å². The first-order chi connectivity index (χ1) is 6.43. The predicted molar refractivity (Wildman–Crippen MR) is 63.1 cm³/mol. The summed E-state index contributed by atoms with van der Waals surface area (Å²) in [6, 6.07) is 0.348. The average molecular weight is 195 g/mol. The van der Waals surface area contributed by atoms with Gasteiger partial charge in [-0.1, -0.05) is 25.5 Å². The third kappa shape index (κ3) is 2.84. The van der Waals surface area contributed by atoms with Gasteiger partial charge in [-0.2, -0.15) is 0 Å². The molecule has 82 valence electrons. The average Bonchev–Trinajstić information content (AvgIpc) is 2.01. The number of rotatable bonds is 3. The van der Waals surface area contributed by atoms with Gasteiger partial charge in [0, 0.05) is 6.04 Å². The minimum atomic E-state index is 0.348. The highest BCUT2D eigenvalue weighted by molar-refractivity contribution is 5.11. The van der Waals surface area contributed by atoms with Gasteiger partial charge in [-0.3, -0.25) is 0 Å². The molecule has 2 N–H and O–H groups in total. The molecule has 0 radical (unpaired) electrons. The van der Waals surface area contributed by atoms with Crippen LogP contribution < -0.4 is 5.73 Å². The summed E-state index contributed by atoms with van der Waals surface area (Å²) in [6.45, 7) is 9.19. The van der Waals surface area contributed by atoms with E-state index in [1.165, 1.54) is 19.3 Å². The van der Waals surface area contributed by atoms with Crippen molar-refractivity contribution in [3.05, 3.63) is 11.6 Å². The third-order valence-corrected chi connectivity index (χ3v) is 3.66. The van der Waals surface area contributed by atoms with E-state index in [2.05, 4.69) is 33.8 Å². The van der Waals surface area contributed by atoms with E-state index < -0.39 is 0 Å². The predicted octanol–water partition coefficient (Wildman–Crippen LogP) is 3.50. The molecule has 0 unspecified atom stereocenters. The Morgan fingerprint density at radius 2 is 2.21 bits per heavy atom. The van der Waals surface area contributed by atoms with Gasteiger partial charge in [-0.25, -0.2) is 0 Å². The van der Waals surface area contributed by atoms with Gasteiger partial charge in [0.2, 0.25) is 0 Å². The summed E-state index contributed by atoms with van der Waals surface area (Å²) in [6.07, 6.45) is 7.41. The van der Waals surface area contributed by atoms with Crippen molar-refractivity contribution in [3.63, 3.8) is 0 Å². The fourth-order valence-electron chi connectivity index (χ4n) is 2.65. The maximum Gasteiger partial charge on any atom is 0.00106 e. The van der Waals surface area contributed by atoms with E-state index in [4.69, 9.17) is 5.73 Å². The first-order valence-corrected chi connectivity index (χ1v) is 5.86. The maximum absolute atomic E-state index is 5.82. The summed E-state index contributed by atoms with van der Waals surface area (Å²) >= 11 is 0. The van der Waals surface area contributed by atoms with Crippen LogP contribution in [0, 0.1) is 11.3 Å². The summed E-state index contributed by atoms with van der Waals surface area (Å²) in [5.41, 5.74) is 7.89. The summed E-state index contributed by atoms with van der Waals surface area (Å²) in [7, 11) is 0. The van der Waals surface area contributed by atoms with Crippen molar-refractivity contribution < 1.29 is 0 Å². The Balaban J connectivity index is 2.62. The minimum Gasteiger partial charge on any atom is -0.328 e. The fourth-order valence-corrected chi connectivity index (χ4v) is 2.65. The molecule has 14 heavy (non-hydrogen) atoms. The molecule has 0 aliphatic heterocycles. The van der Waals surface area contributed by atoms with Crippen LogP contribution in [0.4, 0.5) is 0 Å². The lowest BCUT2D eigenvalue weighted by molar-refractivity contribution is 0.198. The Morgan fingerprint density at radius 1 is 1.57 bits per heavy atom. The molecule has 2 atom stereocenters. The lowest BCUT2D eigenvalue weighted by Crippen LogP contribution is -2.29. The highest BCUT2D eigenvalue weighted by Gasteiger charge is 2.32. The highest BCUT2D eigenvalue weighted by Crippen LogP contribution is 2.43. The van der Waals surface area contributed by atoms with Crippen molar-refractivity contribution in [1.29, 1.82) is 0 Å². The molecule has 1 aliphatic carbocycles. The molecule has 0 aromatic carbocycles. The van der Waals surface area contributed by atoms with Gasteiger partial charge in [-0.15, -0.1) is 0 Å². The second-order valence-electron chi connectivity index (χ2n) is 5.58. The first-order valence-electron chi connectivity index (χ1n) is 5.86. The van der Waals surface area contributed by atoms with Crippen molar-refractivity contribution >= 4 is 0 Å². The molecule has 1 aliphatic rings. The molecule has 0 saturated carbocycles. The third-order valence-electron chi connectivity index (χ3n) is 3.66. The van der Waals surface area contributed by atoms with Crippen LogP contribution in [-0.4, -0.2) is 6.04 Å².